The Balaban J connectivity index is 2.18. The van der Waals surface area contributed by atoms with Gasteiger partial charge in [0.1, 0.15) is 11.8 Å². The third-order valence-corrected chi connectivity index (χ3v) is 2.68. The molecular formula is C13H9ClN4O. The lowest BCUT2D eigenvalue weighted by Crippen LogP contribution is -2.13. The number of anilines is 2. The molecule has 1 heterocycles. The average molecular weight is 273 g/mol. The lowest BCUT2D eigenvalue weighted by atomic mass is 10.2. The number of halogens is 1. The Labute approximate surface area is 114 Å². The van der Waals surface area contributed by atoms with Gasteiger partial charge in [0.15, 0.2) is 0 Å². The molecule has 0 spiro atoms. The van der Waals surface area contributed by atoms with Gasteiger partial charge in [-0.1, -0.05) is 11.6 Å². The second-order valence-electron chi connectivity index (χ2n) is 3.74. The van der Waals surface area contributed by atoms with E-state index in [-0.39, 0.29) is 5.69 Å². The smallest absolute Gasteiger partial charge is 0.274 e. The van der Waals surface area contributed by atoms with Gasteiger partial charge < -0.3 is 11.1 Å². The van der Waals surface area contributed by atoms with Crippen LogP contribution in [0.25, 0.3) is 0 Å². The third-order valence-electron chi connectivity index (χ3n) is 2.37. The molecule has 5 nitrogen and oxygen atoms in total. The van der Waals surface area contributed by atoms with Crippen molar-refractivity contribution >= 4 is 28.9 Å². The number of hydrogen-bond donors (Lipinski definition) is 2. The van der Waals surface area contributed by atoms with Gasteiger partial charge in [0.25, 0.3) is 5.91 Å². The Morgan fingerprint density at radius 3 is 2.74 bits per heavy atom. The van der Waals surface area contributed by atoms with Gasteiger partial charge >= 0.3 is 0 Å². The number of aromatic nitrogens is 1. The van der Waals surface area contributed by atoms with E-state index in [0.29, 0.717) is 22.0 Å². The molecule has 2 rings (SSSR count). The monoisotopic (exact) mass is 272 g/mol. The Bertz CT molecular complexity index is 661. The van der Waals surface area contributed by atoms with Crippen LogP contribution in [0.4, 0.5) is 11.4 Å². The van der Waals surface area contributed by atoms with Crippen LogP contribution in [0.1, 0.15) is 16.1 Å². The first-order chi connectivity index (χ1) is 9.10. The largest absolute Gasteiger partial charge is 0.399 e. The van der Waals surface area contributed by atoms with Crippen LogP contribution < -0.4 is 11.1 Å². The number of pyridine rings is 1. The van der Waals surface area contributed by atoms with Crippen LogP contribution in [0, 0.1) is 11.3 Å². The predicted octanol–water partition coefficient (Wildman–Crippen LogP) is 2.44. The highest BCUT2D eigenvalue weighted by atomic mass is 35.5. The maximum atomic E-state index is 11.9. The van der Waals surface area contributed by atoms with Crippen molar-refractivity contribution in [1.29, 1.82) is 5.26 Å². The van der Waals surface area contributed by atoms with Crippen LogP contribution in [-0.4, -0.2) is 10.9 Å². The fourth-order valence-electron chi connectivity index (χ4n) is 1.41. The zero-order valence-electron chi connectivity index (χ0n) is 9.72. The van der Waals surface area contributed by atoms with Gasteiger partial charge in [-0.2, -0.15) is 5.26 Å². The molecule has 0 atom stereocenters. The summed E-state index contributed by atoms with van der Waals surface area (Å²) in [6.07, 6.45) is 1.33. The number of benzene rings is 1. The minimum absolute atomic E-state index is 0.201. The zero-order chi connectivity index (χ0) is 13.8. The van der Waals surface area contributed by atoms with Gasteiger partial charge in [0, 0.05) is 11.9 Å². The molecular weight excluding hydrogens is 264 g/mol. The first kappa shape index (κ1) is 12.9. The summed E-state index contributed by atoms with van der Waals surface area (Å²) in [6, 6.07) is 9.71. The molecule has 1 aromatic heterocycles. The molecule has 0 bridgehead atoms. The highest BCUT2D eigenvalue weighted by molar-refractivity contribution is 6.34. The minimum Gasteiger partial charge on any atom is -0.399 e. The summed E-state index contributed by atoms with van der Waals surface area (Å²) in [5.74, 6) is -0.406. The average Bonchev–Trinajstić information content (AvgIpc) is 2.42. The maximum absolute atomic E-state index is 11.9. The quantitative estimate of drug-likeness (QED) is 0.821. The van der Waals surface area contributed by atoms with Crippen LogP contribution in [-0.2, 0) is 0 Å². The molecule has 0 saturated carbocycles. The first-order valence-electron chi connectivity index (χ1n) is 5.32. The number of nitrogen functional groups attached to an aromatic ring is 1. The summed E-state index contributed by atoms with van der Waals surface area (Å²) in [4.78, 5) is 15.8. The van der Waals surface area contributed by atoms with Gasteiger partial charge in [-0.15, -0.1) is 0 Å². The highest BCUT2D eigenvalue weighted by Gasteiger charge is 2.09. The number of hydrogen-bond acceptors (Lipinski definition) is 4. The molecule has 0 aliphatic carbocycles. The van der Waals surface area contributed by atoms with Crippen LogP contribution >= 0.6 is 11.6 Å². The summed E-state index contributed by atoms with van der Waals surface area (Å²) in [7, 11) is 0. The number of nitrogens with zero attached hydrogens (tertiary/aromatic N) is 2. The van der Waals surface area contributed by atoms with E-state index >= 15 is 0 Å². The number of amides is 1. The third kappa shape index (κ3) is 3.00. The molecule has 3 N–H and O–H groups in total. The van der Waals surface area contributed by atoms with Gasteiger partial charge in [-0.25, -0.2) is 4.98 Å². The molecule has 0 fully saturated rings. The van der Waals surface area contributed by atoms with Gasteiger partial charge in [0.05, 0.1) is 16.3 Å². The first-order valence-corrected chi connectivity index (χ1v) is 5.70. The number of nitriles is 1. The van der Waals surface area contributed by atoms with E-state index in [0.717, 1.165) is 0 Å². The Morgan fingerprint density at radius 1 is 1.37 bits per heavy atom. The predicted molar refractivity (Wildman–Crippen MR) is 72.8 cm³/mol. The van der Waals surface area contributed by atoms with E-state index in [9.17, 15) is 4.79 Å². The van der Waals surface area contributed by atoms with Crippen LogP contribution in [0.15, 0.2) is 36.5 Å². The van der Waals surface area contributed by atoms with Gasteiger partial charge in [-0.3, -0.25) is 4.79 Å². The van der Waals surface area contributed by atoms with Gasteiger partial charge in [0.2, 0.25) is 0 Å². The highest BCUT2D eigenvalue weighted by Crippen LogP contribution is 2.24. The molecule has 0 saturated heterocycles. The molecule has 0 aliphatic heterocycles. The van der Waals surface area contributed by atoms with E-state index in [1.54, 1.807) is 18.2 Å². The standard InChI is InChI=1S/C13H9ClN4O/c14-10-5-9(16)2-4-11(10)18-13(19)12-3-1-8(6-15)7-17-12/h1-5,7H,16H2,(H,18,19). The normalized spacial score (nSPS) is 9.68. The van der Waals surface area contributed by atoms with E-state index in [1.165, 1.54) is 18.3 Å². The maximum Gasteiger partial charge on any atom is 0.274 e. The summed E-state index contributed by atoms with van der Waals surface area (Å²) >= 11 is 5.95. The number of nitrogens with one attached hydrogen (secondary N) is 1. The molecule has 0 aliphatic rings. The molecule has 1 aromatic carbocycles. The van der Waals surface area contributed by atoms with Crippen molar-refractivity contribution in [2.24, 2.45) is 0 Å². The second kappa shape index (κ2) is 5.38. The Hall–Kier alpha value is -2.58. The molecule has 6 heteroatoms. The van der Waals surface area contributed by atoms with Gasteiger partial charge in [-0.05, 0) is 30.3 Å². The lowest BCUT2D eigenvalue weighted by Gasteiger charge is -2.07. The Morgan fingerprint density at radius 2 is 2.16 bits per heavy atom. The van der Waals surface area contributed by atoms with Crippen LogP contribution in [0.5, 0.6) is 0 Å². The second-order valence-corrected chi connectivity index (χ2v) is 4.14. The Kier molecular flexibility index (Phi) is 3.64. The fraction of sp³-hybridized carbons (Fsp3) is 0. The molecule has 1 amide bonds. The zero-order valence-corrected chi connectivity index (χ0v) is 10.5. The van der Waals surface area contributed by atoms with Crippen molar-refractivity contribution in [2.45, 2.75) is 0 Å². The summed E-state index contributed by atoms with van der Waals surface area (Å²) in [5.41, 5.74) is 7.12. The number of rotatable bonds is 2. The molecule has 0 unspecified atom stereocenters. The van der Waals surface area contributed by atoms with E-state index in [1.807, 2.05) is 6.07 Å². The molecule has 94 valence electrons. The molecule has 0 radical (unpaired) electrons. The van der Waals surface area contributed by atoms with Crippen LogP contribution in [0.2, 0.25) is 5.02 Å². The van der Waals surface area contributed by atoms with Crippen molar-refractivity contribution in [3.05, 3.63) is 52.8 Å². The number of nitrogens with two attached hydrogens (primary N) is 1. The summed E-state index contributed by atoms with van der Waals surface area (Å²) in [6.45, 7) is 0. The van der Waals surface area contributed by atoms with E-state index in [2.05, 4.69) is 10.3 Å². The van der Waals surface area contributed by atoms with E-state index < -0.39 is 5.91 Å². The topological polar surface area (TPSA) is 91.8 Å². The van der Waals surface area contributed by atoms with Crippen LogP contribution in [0.3, 0.4) is 0 Å². The summed E-state index contributed by atoms with van der Waals surface area (Å²) < 4.78 is 0. The SMILES string of the molecule is N#Cc1ccc(C(=O)Nc2ccc(N)cc2Cl)nc1. The van der Waals surface area contributed by atoms with Crippen molar-refractivity contribution in [1.82, 2.24) is 4.98 Å². The van der Waals surface area contributed by atoms with Crippen molar-refractivity contribution in [3.8, 4) is 6.07 Å². The van der Waals surface area contributed by atoms with Crippen molar-refractivity contribution < 1.29 is 4.79 Å². The molecule has 2 aromatic rings. The van der Waals surface area contributed by atoms with Crippen molar-refractivity contribution in [3.63, 3.8) is 0 Å². The number of carbonyl (C=O) groups excluding carboxylic acids is 1. The summed E-state index contributed by atoms with van der Waals surface area (Å²) in [5, 5.41) is 11.6. The van der Waals surface area contributed by atoms with Crippen molar-refractivity contribution in [2.75, 3.05) is 11.1 Å². The fourth-order valence-corrected chi connectivity index (χ4v) is 1.65. The molecule has 19 heavy (non-hydrogen) atoms. The lowest BCUT2D eigenvalue weighted by molar-refractivity contribution is 0.102. The minimum atomic E-state index is -0.406. The number of carbonyl (C=O) groups is 1. The van der Waals surface area contributed by atoms with E-state index in [4.69, 9.17) is 22.6 Å².